The Kier molecular flexibility index (Phi) is 8.53. The van der Waals surface area contributed by atoms with E-state index >= 15 is 0 Å². The molecule has 10 nitrogen and oxygen atoms in total. The van der Waals surface area contributed by atoms with Gasteiger partial charge < -0.3 is 20.1 Å². The van der Waals surface area contributed by atoms with Gasteiger partial charge in [0.15, 0.2) is 9.84 Å². The van der Waals surface area contributed by atoms with Gasteiger partial charge >= 0.3 is 6.18 Å². The fraction of sp³-hybridized carbons (Fsp3) is 0.500. The van der Waals surface area contributed by atoms with Crippen molar-refractivity contribution < 1.29 is 31.4 Å². The second-order valence-electron chi connectivity index (χ2n) is 9.92. The van der Waals surface area contributed by atoms with Crippen LogP contribution in [0.1, 0.15) is 30.0 Å². The van der Waals surface area contributed by atoms with E-state index in [1.54, 1.807) is 0 Å². The average Bonchev–Trinajstić information content (AvgIpc) is 3.31. The predicted octanol–water partition coefficient (Wildman–Crippen LogP) is 3.73. The molecule has 0 spiro atoms. The van der Waals surface area contributed by atoms with Gasteiger partial charge in [0, 0.05) is 43.3 Å². The van der Waals surface area contributed by atoms with Crippen molar-refractivity contribution in [1.82, 2.24) is 19.9 Å². The van der Waals surface area contributed by atoms with Crippen LogP contribution < -0.4 is 10.2 Å². The van der Waals surface area contributed by atoms with Crippen molar-refractivity contribution >= 4 is 38.6 Å². The van der Waals surface area contributed by atoms with Crippen LogP contribution in [0.2, 0.25) is 0 Å². The number of alkyl halides is 3. The summed E-state index contributed by atoms with van der Waals surface area (Å²) >= 11 is 0.921. The largest absolute Gasteiger partial charge is 0.420 e. The number of aromatic nitrogens is 3. The number of piperazine rings is 1. The van der Waals surface area contributed by atoms with Crippen LogP contribution in [0.3, 0.4) is 0 Å². The van der Waals surface area contributed by atoms with Gasteiger partial charge in [-0.2, -0.15) is 13.2 Å². The number of nitrogens with zero attached hydrogens (tertiary/aromatic N) is 5. The summed E-state index contributed by atoms with van der Waals surface area (Å²) in [5.74, 6) is 0.491. The molecule has 0 unspecified atom stereocenters. The number of halogens is 3. The van der Waals surface area contributed by atoms with Gasteiger partial charge in [-0.25, -0.2) is 23.4 Å². The highest BCUT2D eigenvalue weighted by atomic mass is 32.2. The minimum absolute atomic E-state index is 0.00388. The van der Waals surface area contributed by atoms with Gasteiger partial charge in [0.25, 0.3) is 0 Å². The smallest absolute Gasteiger partial charge is 0.395 e. The Morgan fingerprint density at radius 3 is 2.76 bits per heavy atom. The summed E-state index contributed by atoms with van der Waals surface area (Å²) in [5, 5.41) is 12.3. The number of ether oxygens (including phenoxy) is 1. The molecule has 1 saturated heterocycles. The third-order valence-electron chi connectivity index (χ3n) is 7.18. The molecule has 0 aliphatic carbocycles. The maximum Gasteiger partial charge on any atom is 0.420 e. The molecule has 2 N–H and O–H groups in total. The van der Waals surface area contributed by atoms with Crippen LogP contribution in [0.15, 0.2) is 29.3 Å². The summed E-state index contributed by atoms with van der Waals surface area (Å²) in [5.41, 5.74) is -0.201. The van der Waals surface area contributed by atoms with Gasteiger partial charge in [-0.1, -0.05) is 6.92 Å². The second kappa shape index (κ2) is 11.8. The number of anilines is 3. The zero-order valence-corrected chi connectivity index (χ0v) is 24.2. The normalized spacial score (nSPS) is 19.6. The van der Waals surface area contributed by atoms with E-state index in [1.165, 1.54) is 6.07 Å². The number of hydrogen-bond donors (Lipinski definition) is 2. The van der Waals surface area contributed by atoms with E-state index in [0.717, 1.165) is 36.8 Å². The quantitative estimate of drug-likeness (QED) is 0.408. The maximum atomic E-state index is 14.0. The van der Waals surface area contributed by atoms with Crippen molar-refractivity contribution in [2.24, 2.45) is 0 Å². The Morgan fingerprint density at radius 2 is 2.05 bits per heavy atom. The van der Waals surface area contributed by atoms with E-state index in [4.69, 9.17) is 9.72 Å². The first-order valence-corrected chi connectivity index (χ1v) is 15.7. The fourth-order valence-corrected chi connectivity index (χ4v) is 7.84. The first-order chi connectivity index (χ1) is 19.5. The minimum Gasteiger partial charge on any atom is -0.395 e. The molecule has 2 aliphatic heterocycles. The van der Waals surface area contributed by atoms with Gasteiger partial charge in [0.2, 0.25) is 5.95 Å². The molecular formula is C26H31F3N6O4S2. The Morgan fingerprint density at radius 1 is 1.24 bits per heavy atom. The number of aliphatic hydroxyl groups excluding tert-OH is 1. The summed E-state index contributed by atoms with van der Waals surface area (Å²) in [7, 11) is -3.69. The van der Waals surface area contributed by atoms with Gasteiger partial charge in [0.1, 0.15) is 11.4 Å². The van der Waals surface area contributed by atoms with Gasteiger partial charge in [-0.15, -0.1) is 11.3 Å². The molecule has 0 bridgehead atoms. The Labute approximate surface area is 240 Å². The molecule has 3 aromatic heterocycles. The average molecular weight is 613 g/mol. The van der Waals surface area contributed by atoms with E-state index in [9.17, 15) is 26.7 Å². The van der Waals surface area contributed by atoms with Crippen molar-refractivity contribution in [3.63, 3.8) is 0 Å². The van der Waals surface area contributed by atoms with Gasteiger partial charge in [-0.05, 0) is 31.5 Å². The van der Waals surface area contributed by atoms with E-state index in [1.807, 2.05) is 19.1 Å². The van der Waals surface area contributed by atoms with E-state index in [-0.39, 0.29) is 47.3 Å². The van der Waals surface area contributed by atoms with Crippen molar-refractivity contribution in [1.29, 1.82) is 0 Å². The number of sulfone groups is 1. The number of thiophene rings is 1. The van der Waals surface area contributed by atoms with Crippen molar-refractivity contribution in [2.45, 2.75) is 44.0 Å². The summed E-state index contributed by atoms with van der Waals surface area (Å²) in [6.45, 7) is 7.10. The number of aliphatic hydroxyl groups is 1. The number of β-amino-alcohol motifs (C(OH)–C–C–N with tert-alkyl or cyclic N) is 1. The molecule has 3 aromatic rings. The topological polar surface area (TPSA) is 121 Å². The lowest BCUT2D eigenvalue weighted by Gasteiger charge is -2.40. The van der Waals surface area contributed by atoms with Crippen LogP contribution >= 0.6 is 11.3 Å². The molecule has 1 atom stereocenters. The highest BCUT2D eigenvalue weighted by Gasteiger charge is 2.37. The maximum absolute atomic E-state index is 14.0. The van der Waals surface area contributed by atoms with Crippen LogP contribution in [0.5, 0.6) is 0 Å². The highest BCUT2D eigenvalue weighted by Crippen LogP contribution is 2.42. The number of rotatable bonds is 7. The Bertz CT molecular complexity index is 1520. The number of pyridine rings is 1. The zero-order chi connectivity index (χ0) is 29.4. The molecule has 15 heteroatoms. The van der Waals surface area contributed by atoms with Crippen molar-refractivity contribution in [2.75, 3.05) is 55.4 Å². The van der Waals surface area contributed by atoms with Crippen LogP contribution in [0.25, 0.3) is 10.6 Å². The number of aryl methyl sites for hydroxylation is 1. The standard InChI is InChI=1S/C26H31F3N6O4S2/c1-3-18-19(4-5-23(31-18)35-7-6-34(8-9-36)16(2)14-35)32-25-30-13-17(26(27,28)29)24(33-25)20-12-22-21(40-20)15-39-10-11-41(22,37)38/h4-5,12-13,16,36H,3,6-11,14-15H2,1-2H3,(H,30,32,33)/t16-/m1/s1. The third kappa shape index (κ3) is 6.33. The summed E-state index contributed by atoms with van der Waals surface area (Å²) < 4.78 is 72.5. The molecule has 0 amide bonds. The third-order valence-corrected chi connectivity index (χ3v) is 10.2. The minimum atomic E-state index is -4.75. The van der Waals surface area contributed by atoms with Crippen LogP contribution in [0, 0.1) is 0 Å². The first-order valence-electron chi connectivity index (χ1n) is 13.2. The molecule has 41 heavy (non-hydrogen) atoms. The van der Waals surface area contributed by atoms with E-state index < -0.39 is 27.3 Å². The second-order valence-corrected chi connectivity index (χ2v) is 13.1. The number of hydrogen-bond acceptors (Lipinski definition) is 11. The van der Waals surface area contributed by atoms with Crippen LogP contribution in [-0.2, 0) is 33.8 Å². The molecule has 2 aliphatic rings. The molecule has 222 valence electrons. The van der Waals surface area contributed by atoms with Gasteiger partial charge in [0.05, 0.1) is 52.4 Å². The number of fused-ring (bicyclic) bond motifs is 1. The van der Waals surface area contributed by atoms with Crippen LogP contribution in [-0.4, -0.2) is 84.6 Å². The molecule has 5 rings (SSSR count). The lowest BCUT2D eigenvalue weighted by molar-refractivity contribution is -0.137. The first kappa shape index (κ1) is 29.6. The molecule has 0 radical (unpaired) electrons. The SMILES string of the molecule is CCc1nc(N2CCN(CCO)[C@H](C)C2)ccc1Nc1ncc(C(F)(F)F)c(-c2cc3c(s2)COCCS3(=O)=O)n1. The van der Waals surface area contributed by atoms with Gasteiger partial charge in [-0.3, -0.25) is 4.90 Å². The monoisotopic (exact) mass is 612 g/mol. The lowest BCUT2D eigenvalue weighted by Crippen LogP contribution is -2.52. The molecule has 0 saturated carbocycles. The predicted molar refractivity (Wildman–Crippen MR) is 149 cm³/mol. The molecule has 5 heterocycles. The zero-order valence-electron chi connectivity index (χ0n) is 22.6. The number of nitrogens with one attached hydrogen (secondary N) is 1. The Balaban J connectivity index is 1.45. The summed E-state index contributed by atoms with van der Waals surface area (Å²) in [6.07, 6.45) is -3.48. The lowest BCUT2D eigenvalue weighted by atomic mass is 10.1. The highest BCUT2D eigenvalue weighted by molar-refractivity contribution is 7.91. The summed E-state index contributed by atoms with van der Waals surface area (Å²) in [4.78, 5) is 17.7. The van der Waals surface area contributed by atoms with Crippen molar-refractivity contribution in [3.8, 4) is 10.6 Å². The fourth-order valence-electron chi connectivity index (χ4n) is 5.01. The summed E-state index contributed by atoms with van der Waals surface area (Å²) in [6, 6.07) is 5.15. The molecular weight excluding hydrogens is 581 g/mol. The Hall–Kier alpha value is -2.85. The van der Waals surface area contributed by atoms with E-state index in [2.05, 4.69) is 32.0 Å². The van der Waals surface area contributed by atoms with Crippen LogP contribution in [0.4, 0.5) is 30.6 Å². The molecule has 1 fully saturated rings. The van der Waals surface area contributed by atoms with E-state index in [0.29, 0.717) is 35.4 Å². The van der Waals surface area contributed by atoms with Crippen molar-refractivity contribution in [3.05, 3.63) is 40.5 Å². The molecule has 0 aromatic carbocycles.